The van der Waals surface area contributed by atoms with Gasteiger partial charge in [-0.1, -0.05) is 44.7 Å². The number of hydrogen-bond donors (Lipinski definition) is 1. The van der Waals surface area contributed by atoms with Gasteiger partial charge in [-0.05, 0) is 18.5 Å². The van der Waals surface area contributed by atoms with E-state index in [-0.39, 0.29) is 0 Å². The van der Waals surface area contributed by atoms with Gasteiger partial charge in [-0.2, -0.15) is 0 Å². The molecule has 0 saturated heterocycles. The molecular weight excluding hydrogens is 198 g/mol. The number of para-hydroxylation sites is 1. The van der Waals surface area contributed by atoms with Gasteiger partial charge in [0, 0.05) is 12.1 Å². The molecule has 0 aliphatic rings. The predicted molar refractivity (Wildman–Crippen MR) is 68.7 cm³/mol. The van der Waals surface area contributed by atoms with Gasteiger partial charge in [0.25, 0.3) is 0 Å². The van der Waals surface area contributed by atoms with Crippen LogP contribution in [-0.2, 0) is 6.54 Å². The maximum atomic E-state index is 5.59. The Labute approximate surface area is 98.3 Å². The van der Waals surface area contributed by atoms with Gasteiger partial charge >= 0.3 is 0 Å². The predicted octanol–water partition coefficient (Wildman–Crippen LogP) is 3.00. The van der Waals surface area contributed by atoms with E-state index in [4.69, 9.17) is 4.74 Å². The molecule has 16 heavy (non-hydrogen) atoms. The number of hydrogen-bond acceptors (Lipinski definition) is 2. The van der Waals surface area contributed by atoms with Crippen molar-refractivity contribution in [3.05, 3.63) is 42.5 Å². The average Bonchev–Trinajstić information content (AvgIpc) is 2.27. The Morgan fingerprint density at radius 1 is 1.38 bits per heavy atom. The van der Waals surface area contributed by atoms with E-state index in [0.29, 0.717) is 12.5 Å². The highest BCUT2D eigenvalue weighted by atomic mass is 16.5. The van der Waals surface area contributed by atoms with Crippen LogP contribution in [-0.4, -0.2) is 13.2 Å². The minimum absolute atomic E-state index is 0.557. The fourth-order valence-electron chi connectivity index (χ4n) is 1.43. The van der Waals surface area contributed by atoms with E-state index in [1.807, 2.05) is 18.2 Å². The highest BCUT2D eigenvalue weighted by Crippen LogP contribution is 2.17. The molecule has 0 amide bonds. The second-order valence-corrected chi connectivity index (χ2v) is 4.23. The highest BCUT2D eigenvalue weighted by Gasteiger charge is 2.02. The molecule has 0 heterocycles. The maximum Gasteiger partial charge on any atom is 0.124 e. The maximum absolute atomic E-state index is 5.59. The van der Waals surface area contributed by atoms with Crippen molar-refractivity contribution in [1.82, 2.24) is 5.32 Å². The van der Waals surface area contributed by atoms with E-state index in [0.717, 1.165) is 18.8 Å². The fraction of sp³-hybridized carbons (Fsp3) is 0.429. The average molecular weight is 219 g/mol. The summed E-state index contributed by atoms with van der Waals surface area (Å²) in [6.07, 6.45) is 1.76. The quantitative estimate of drug-likeness (QED) is 0.712. The first kappa shape index (κ1) is 12.8. The van der Waals surface area contributed by atoms with Crippen molar-refractivity contribution in [3.63, 3.8) is 0 Å². The van der Waals surface area contributed by atoms with Crippen molar-refractivity contribution in [2.24, 2.45) is 5.92 Å². The molecule has 0 radical (unpaired) electrons. The Kier molecular flexibility index (Phi) is 5.65. The minimum Gasteiger partial charge on any atom is -0.489 e. The number of benzene rings is 1. The molecule has 0 fully saturated rings. The third-order valence-electron chi connectivity index (χ3n) is 2.20. The number of nitrogens with one attached hydrogen (secondary N) is 1. The van der Waals surface area contributed by atoms with Crippen LogP contribution in [0.1, 0.15) is 19.4 Å². The molecule has 1 rings (SSSR count). The van der Waals surface area contributed by atoms with Gasteiger partial charge in [0.1, 0.15) is 12.4 Å². The lowest BCUT2D eigenvalue weighted by Crippen LogP contribution is -2.19. The van der Waals surface area contributed by atoms with Gasteiger partial charge in [-0.25, -0.2) is 0 Å². The van der Waals surface area contributed by atoms with E-state index in [9.17, 15) is 0 Å². The summed E-state index contributed by atoms with van der Waals surface area (Å²) in [5, 5.41) is 3.41. The van der Waals surface area contributed by atoms with Crippen LogP contribution in [0, 0.1) is 5.92 Å². The normalized spacial score (nSPS) is 10.4. The molecule has 2 nitrogen and oxygen atoms in total. The lowest BCUT2D eigenvalue weighted by Gasteiger charge is -2.12. The molecule has 0 saturated carbocycles. The molecule has 0 aliphatic carbocycles. The molecule has 0 atom stereocenters. The Balaban J connectivity index is 2.52. The van der Waals surface area contributed by atoms with Crippen molar-refractivity contribution in [2.75, 3.05) is 13.2 Å². The van der Waals surface area contributed by atoms with Gasteiger partial charge < -0.3 is 10.1 Å². The fourth-order valence-corrected chi connectivity index (χ4v) is 1.43. The van der Waals surface area contributed by atoms with Crippen LogP contribution in [0.5, 0.6) is 5.75 Å². The molecule has 0 aromatic heterocycles. The molecule has 0 bridgehead atoms. The molecule has 1 aromatic carbocycles. The van der Waals surface area contributed by atoms with Crippen LogP contribution in [0.2, 0.25) is 0 Å². The minimum atomic E-state index is 0.557. The molecule has 0 unspecified atom stereocenters. The van der Waals surface area contributed by atoms with E-state index < -0.39 is 0 Å². The van der Waals surface area contributed by atoms with Crippen molar-refractivity contribution < 1.29 is 4.74 Å². The molecule has 1 N–H and O–H groups in total. The van der Waals surface area contributed by atoms with E-state index in [1.54, 1.807) is 6.08 Å². The standard InChI is InChI=1S/C14H21NO/c1-4-9-16-14-8-6-5-7-13(14)11-15-10-12(2)3/h4-8,12,15H,1,9-11H2,2-3H3. The summed E-state index contributed by atoms with van der Waals surface area (Å²) < 4.78 is 5.59. The van der Waals surface area contributed by atoms with E-state index >= 15 is 0 Å². The summed E-state index contributed by atoms with van der Waals surface area (Å²) in [4.78, 5) is 0. The largest absolute Gasteiger partial charge is 0.489 e. The first-order valence-corrected chi connectivity index (χ1v) is 5.76. The van der Waals surface area contributed by atoms with Crippen molar-refractivity contribution in [3.8, 4) is 5.75 Å². The Bertz CT molecular complexity index is 320. The molecule has 88 valence electrons. The summed E-state index contributed by atoms with van der Waals surface area (Å²) in [5.74, 6) is 1.61. The summed E-state index contributed by atoms with van der Waals surface area (Å²) in [6.45, 7) is 10.5. The first-order valence-electron chi connectivity index (χ1n) is 5.76. The zero-order valence-electron chi connectivity index (χ0n) is 10.2. The van der Waals surface area contributed by atoms with Gasteiger partial charge in [0.05, 0.1) is 0 Å². The summed E-state index contributed by atoms with van der Waals surface area (Å²) >= 11 is 0. The van der Waals surface area contributed by atoms with E-state index in [1.165, 1.54) is 5.56 Å². The van der Waals surface area contributed by atoms with Crippen LogP contribution in [0.15, 0.2) is 36.9 Å². The Morgan fingerprint density at radius 3 is 2.81 bits per heavy atom. The third kappa shape index (κ3) is 4.49. The summed E-state index contributed by atoms with van der Waals surface area (Å²) in [7, 11) is 0. The lowest BCUT2D eigenvalue weighted by molar-refractivity contribution is 0.357. The molecule has 0 spiro atoms. The summed E-state index contributed by atoms with van der Waals surface area (Å²) in [6, 6.07) is 8.11. The Morgan fingerprint density at radius 2 is 2.12 bits per heavy atom. The second kappa shape index (κ2) is 7.07. The van der Waals surface area contributed by atoms with Crippen LogP contribution < -0.4 is 10.1 Å². The topological polar surface area (TPSA) is 21.3 Å². The molecule has 0 aliphatic heterocycles. The zero-order chi connectivity index (χ0) is 11.8. The summed E-state index contributed by atoms with van der Waals surface area (Å²) in [5.41, 5.74) is 1.20. The lowest BCUT2D eigenvalue weighted by atomic mass is 10.2. The third-order valence-corrected chi connectivity index (χ3v) is 2.20. The van der Waals surface area contributed by atoms with Gasteiger partial charge in [0.2, 0.25) is 0 Å². The molecule has 1 aromatic rings. The molecule has 2 heteroatoms. The van der Waals surface area contributed by atoms with Crippen molar-refractivity contribution >= 4 is 0 Å². The van der Waals surface area contributed by atoms with Crippen molar-refractivity contribution in [1.29, 1.82) is 0 Å². The first-order chi connectivity index (χ1) is 7.74. The van der Waals surface area contributed by atoms with Crippen LogP contribution in [0.25, 0.3) is 0 Å². The number of rotatable bonds is 7. The molecular formula is C14H21NO. The van der Waals surface area contributed by atoms with Crippen molar-refractivity contribution in [2.45, 2.75) is 20.4 Å². The Hall–Kier alpha value is -1.28. The van der Waals surface area contributed by atoms with Gasteiger partial charge in [-0.3, -0.25) is 0 Å². The number of ether oxygens (including phenoxy) is 1. The van der Waals surface area contributed by atoms with Crippen LogP contribution in [0.4, 0.5) is 0 Å². The second-order valence-electron chi connectivity index (χ2n) is 4.23. The van der Waals surface area contributed by atoms with Gasteiger partial charge in [-0.15, -0.1) is 0 Å². The van der Waals surface area contributed by atoms with E-state index in [2.05, 4.69) is 31.8 Å². The van der Waals surface area contributed by atoms with Crippen LogP contribution >= 0.6 is 0 Å². The van der Waals surface area contributed by atoms with Crippen LogP contribution in [0.3, 0.4) is 0 Å². The smallest absolute Gasteiger partial charge is 0.124 e. The SMILES string of the molecule is C=CCOc1ccccc1CNCC(C)C. The van der Waals surface area contributed by atoms with Gasteiger partial charge in [0.15, 0.2) is 0 Å². The zero-order valence-corrected chi connectivity index (χ0v) is 10.2. The highest BCUT2D eigenvalue weighted by molar-refractivity contribution is 5.33. The monoisotopic (exact) mass is 219 g/mol.